The third kappa shape index (κ3) is 4.87. The second-order valence-corrected chi connectivity index (χ2v) is 9.14. The maximum atomic E-state index is 13.5. The van der Waals surface area contributed by atoms with Gasteiger partial charge in [-0.15, -0.1) is 11.3 Å². The normalized spacial score (nSPS) is 11.8. The summed E-state index contributed by atoms with van der Waals surface area (Å²) < 4.78 is 5.71. The van der Waals surface area contributed by atoms with Gasteiger partial charge < -0.3 is 20.1 Å². The number of fused-ring (bicyclic) bond motifs is 1. The molecule has 1 amide bonds. The average molecular weight is 515 g/mol. The Labute approximate surface area is 215 Å². The number of carbonyl (C=O) groups is 2. The molecule has 0 saturated carbocycles. The monoisotopic (exact) mass is 514 g/mol. The van der Waals surface area contributed by atoms with Crippen LogP contribution >= 0.6 is 11.3 Å². The molecule has 5 rings (SSSR count). The standard InChI is InChI=1S/C27H22N4O5S/c1-36-25(34)20-15-37-26(28-20)30-23(32)21(14-16-11-12-17-7-5-6-10-19(17)13-16)31-24(33)22(29-27(31)35)18-8-3-2-4-9-18/h2-13,15,21,33H,14H2,1H3,(H,29,35)(H,28,30,32)/t21-/m0/s1. The molecule has 0 saturated heterocycles. The van der Waals surface area contributed by atoms with Gasteiger partial charge in [0.1, 0.15) is 11.7 Å². The second kappa shape index (κ2) is 10.1. The van der Waals surface area contributed by atoms with Crippen LogP contribution in [0.5, 0.6) is 5.88 Å². The molecule has 0 aliphatic carbocycles. The van der Waals surface area contributed by atoms with Gasteiger partial charge in [0.05, 0.1) is 7.11 Å². The number of carbonyl (C=O) groups excluding carboxylic acids is 2. The van der Waals surface area contributed by atoms with Gasteiger partial charge in [0, 0.05) is 17.4 Å². The van der Waals surface area contributed by atoms with Crippen LogP contribution in [0, 0.1) is 0 Å². The zero-order chi connectivity index (χ0) is 25.9. The molecule has 0 unspecified atom stereocenters. The van der Waals surface area contributed by atoms with E-state index in [4.69, 9.17) is 0 Å². The van der Waals surface area contributed by atoms with E-state index in [0.29, 0.717) is 5.56 Å². The SMILES string of the molecule is COC(=O)c1csc(NC(=O)[C@H](Cc2ccc3ccccc3c2)n2c(O)c(-c3ccccc3)[nH]c2=O)n1. The zero-order valence-electron chi connectivity index (χ0n) is 19.7. The van der Waals surface area contributed by atoms with Crippen molar-refractivity contribution in [3.63, 3.8) is 0 Å². The molecule has 3 aromatic carbocycles. The molecule has 10 heteroatoms. The van der Waals surface area contributed by atoms with Crippen molar-refractivity contribution in [3.05, 3.63) is 99.9 Å². The van der Waals surface area contributed by atoms with Gasteiger partial charge in [0.25, 0.3) is 0 Å². The number of benzene rings is 3. The number of hydrogen-bond acceptors (Lipinski definition) is 7. The van der Waals surface area contributed by atoms with Crippen LogP contribution in [-0.4, -0.2) is 38.6 Å². The van der Waals surface area contributed by atoms with Crippen LogP contribution in [0.1, 0.15) is 22.1 Å². The molecule has 1 atom stereocenters. The number of amides is 1. The van der Waals surface area contributed by atoms with Crippen LogP contribution in [0.4, 0.5) is 5.13 Å². The summed E-state index contributed by atoms with van der Waals surface area (Å²) in [5.41, 5.74) is 1.03. The molecule has 37 heavy (non-hydrogen) atoms. The topological polar surface area (TPSA) is 126 Å². The molecule has 0 aliphatic rings. The van der Waals surface area contributed by atoms with Gasteiger partial charge in [-0.25, -0.2) is 19.1 Å². The molecule has 0 aliphatic heterocycles. The minimum atomic E-state index is -1.12. The smallest absolute Gasteiger partial charge is 0.357 e. The van der Waals surface area contributed by atoms with Crippen LogP contribution < -0.4 is 11.0 Å². The van der Waals surface area contributed by atoms with Crippen molar-refractivity contribution in [3.8, 4) is 17.1 Å². The summed E-state index contributed by atoms with van der Waals surface area (Å²) in [7, 11) is 1.24. The van der Waals surface area contributed by atoms with Crippen molar-refractivity contribution in [2.75, 3.05) is 12.4 Å². The van der Waals surface area contributed by atoms with Crippen molar-refractivity contribution < 1.29 is 19.4 Å². The van der Waals surface area contributed by atoms with Gasteiger partial charge in [-0.3, -0.25) is 4.79 Å². The fourth-order valence-corrected chi connectivity index (χ4v) is 4.83. The van der Waals surface area contributed by atoms with E-state index < -0.39 is 23.6 Å². The number of anilines is 1. The third-order valence-electron chi connectivity index (χ3n) is 5.95. The summed E-state index contributed by atoms with van der Waals surface area (Å²) in [4.78, 5) is 45.1. The summed E-state index contributed by atoms with van der Waals surface area (Å²) in [5.74, 6) is -1.56. The lowest BCUT2D eigenvalue weighted by atomic mass is 10.0. The van der Waals surface area contributed by atoms with E-state index in [1.54, 1.807) is 24.3 Å². The number of H-pyrrole nitrogens is 1. The van der Waals surface area contributed by atoms with E-state index in [0.717, 1.165) is 32.2 Å². The summed E-state index contributed by atoms with van der Waals surface area (Å²) >= 11 is 1.05. The van der Waals surface area contributed by atoms with E-state index in [1.807, 2.05) is 48.5 Å². The lowest BCUT2D eigenvalue weighted by Crippen LogP contribution is -2.33. The maximum absolute atomic E-state index is 13.5. The molecule has 5 aromatic rings. The Kier molecular flexibility index (Phi) is 6.57. The third-order valence-corrected chi connectivity index (χ3v) is 6.71. The summed E-state index contributed by atoms with van der Waals surface area (Å²) in [6.07, 6.45) is 0.117. The first-order valence-corrected chi connectivity index (χ1v) is 12.2. The second-order valence-electron chi connectivity index (χ2n) is 8.28. The highest BCUT2D eigenvalue weighted by Gasteiger charge is 2.29. The number of hydrogen-bond donors (Lipinski definition) is 3. The number of nitrogens with zero attached hydrogens (tertiary/aromatic N) is 2. The Morgan fingerprint density at radius 2 is 1.81 bits per heavy atom. The number of aromatic nitrogens is 3. The lowest BCUT2D eigenvalue weighted by Gasteiger charge is -2.18. The van der Waals surface area contributed by atoms with Gasteiger partial charge >= 0.3 is 11.7 Å². The number of aromatic hydroxyl groups is 1. The Morgan fingerprint density at radius 1 is 1.08 bits per heavy atom. The molecule has 3 N–H and O–H groups in total. The minimum absolute atomic E-state index is 0.0573. The predicted molar refractivity (Wildman–Crippen MR) is 141 cm³/mol. The first-order chi connectivity index (χ1) is 17.9. The van der Waals surface area contributed by atoms with Gasteiger partial charge in [-0.05, 0) is 16.3 Å². The fraction of sp³-hybridized carbons (Fsp3) is 0.111. The Bertz CT molecular complexity index is 1650. The van der Waals surface area contributed by atoms with Crippen LogP contribution in [0.25, 0.3) is 22.0 Å². The highest BCUT2D eigenvalue weighted by molar-refractivity contribution is 7.14. The fourth-order valence-electron chi connectivity index (χ4n) is 4.14. The van der Waals surface area contributed by atoms with Crippen LogP contribution in [0.2, 0.25) is 0 Å². The Hall–Kier alpha value is -4.70. The summed E-state index contributed by atoms with van der Waals surface area (Å²) in [6.45, 7) is 0. The van der Waals surface area contributed by atoms with Crippen molar-refractivity contribution in [1.29, 1.82) is 0 Å². The molecule has 0 radical (unpaired) electrons. The molecular weight excluding hydrogens is 492 g/mol. The number of thiazole rings is 1. The Balaban J connectivity index is 1.54. The summed E-state index contributed by atoms with van der Waals surface area (Å²) in [5, 5.41) is 17.4. The number of rotatable bonds is 7. The highest BCUT2D eigenvalue weighted by Crippen LogP contribution is 2.30. The number of nitrogens with one attached hydrogen (secondary N) is 2. The number of esters is 1. The quantitative estimate of drug-likeness (QED) is 0.277. The molecule has 2 aromatic heterocycles. The van der Waals surface area contributed by atoms with Crippen molar-refractivity contribution in [2.24, 2.45) is 0 Å². The highest BCUT2D eigenvalue weighted by atomic mass is 32.1. The zero-order valence-corrected chi connectivity index (χ0v) is 20.5. The first-order valence-electron chi connectivity index (χ1n) is 11.4. The van der Waals surface area contributed by atoms with Crippen molar-refractivity contribution >= 4 is 39.1 Å². The molecule has 186 valence electrons. The predicted octanol–water partition coefficient (Wildman–Crippen LogP) is 4.37. The van der Waals surface area contributed by atoms with Crippen molar-refractivity contribution in [2.45, 2.75) is 12.5 Å². The molecule has 0 bridgehead atoms. The average Bonchev–Trinajstić information content (AvgIpc) is 3.51. The van der Waals surface area contributed by atoms with Gasteiger partial charge in [-0.1, -0.05) is 72.8 Å². The summed E-state index contributed by atoms with van der Waals surface area (Å²) in [6, 6.07) is 21.4. The lowest BCUT2D eigenvalue weighted by molar-refractivity contribution is -0.119. The minimum Gasteiger partial charge on any atom is -0.493 e. The van der Waals surface area contributed by atoms with Crippen molar-refractivity contribution in [1.82, 2.24) is 14.5 Å². The first kappa shape index (κ1) is 24.0. The van der Waals surface area contributed by atoms with Crippen LogP contribution in [0.3, 0.4) is 0 Å². The molecule has 2 heterocycles. The molecular formula is C27H22N4O5S. The molecule has 9 nitrogen and oxygen atoms in total. The largest absolute Gasteiger partial charge is 0.493 e. The van der Waals surface area contributed by atoms with Crippen LogP contribution in [-0.2, 0) is 16.0 Å². The number of imidazole rings is 1. The van der Waals surface area contributed by atoms with Gasteiger partial charge in [-0.2, -0.15) is 0 Å². The van der Waals surface area contributed by atoms with Crippen LogP contribution in [0.15, 0.2) is 83.0 Å². The molecule has 0 fully saturated rings. The van der Waals surface area contributed by atoms with Gasteiger partial charge in [0.15, 0.2) is 10.8 Å². The van der Waals surface area contributed by atoms with E-state index in [9.17, 15) is 19.5 Å². The van der Waals surface area contributed by atoms with E-state index in [1.165, 1.54) is 12.5 Å². The van der Waals surface area contributed by atoms with E-state index in [-0.39, 0.29) is 28.8 Å². The number of methoxy groups -OCH3 is 1. The maximum Gasteiger partial charge on any atom is 0.357 e. The Morgan fingerprint density at radius 3 is 2.57 bits per heavy atom. The van der Waals surface area contributed by atoms with Gasteiger partial charge in [0.2, 0.25) is 11.8 Å². The number of ether oxygens (including phenoxy) is 1. The van der Waals surface area contributed by atoms with E-state index in [2.05, 4.69) is 20.0 Å². The number of aromatic amines is 1. The molecule has 0 spiro atoms. The van der Waals surface area contributed by atoms with E-state index >= 15 is 0 Å².